The molecule has 0 saturated carbocycles. The molecule has 0 radical (unpaired) electrons. The molecule has 0 saturated heterocycles. The number of fused-ring (bicyclic) bond motifs is 1. The summed E-state index contributed by atoms with van der Waals surface area (Å²) in [5.74, 6) is 0.848. The van der Waals surface area contributed by atoms with Crippen molar-refractivity contribution in [3.63, 3.8) is 0 Å². The van der Waals surface area contributed by atoms with Crippen molar-refractivity contribution in [2.75, 3.05) is 28.3 Å². The molecule has 0 aliphatic carbocycles. The summed E-state index contributed by atoms with van der Waals surface area (Å²) < 4.78 is 0. The van der Waals surface area contributed by atoms with Gasteiger partial charge in [0.2, 0.25) is 5.95 Å². The zero-order valence-corrected chi connectivity index (χ0v) is 18.1. The van der Waals surface area contributed by atoms with E-state index < -0.39 is 0 Å². The molecule has 2 aromatic carbocycles. The minimum atomic E-state index is -0.268. The zero-order chi connectivity index (χ0) is 22.0. The number of hydrogen-bond acceptors (Lipinski definition) is 5. The molecule has 7 nitrogen and oxygen atoms in total. The lowest BCUT2D eigenvalue weighted by molar-refractivity contribution is 0.230. The maximum atomic E-state index is 13.6. The Balaban J connectivity index is 1.75. The SMILES string of the molecule is C[C@H](CO)CN1C(=O)N(c2ccc(Cl)cc2)[C@@H](C)c2cnc(Nc3ccccc3)nc21. The van der Waals surface area contributed by atoms with Crippen LogP contribution in [0, 0.1) is 5.92 Å². The first-order valence-electron chi connectivity index (χ1n) is 10.1. The highest BCUT2D eigenvalue weighted by Crippen LogP contribution is 2.39. The number of nitrogens with zero attached hydrogens (tertiary/aromatic N) is 4. The zero-order valence-electron chi connectivity index (χ0n) is 17.4. The Hall–Kier alpha value is -3.16. The van der Waals surface area contributed by atoms with Crippen molar-refractivity contribution in [3.8, 4) is 0 Å². The first-order valence-corrected chi connectivity index (χ1v) is 10.5. The van der Waals surface area contributed by atoms with E-state index in [1.807, 2.05) is 56.3 Å². The second kappa shape index (κ2) is 8.91. The van der Waals surface area contributed by atoms with Crippen LogP contribution in [0.25, 0.3) is 0 Å². The lowest BCUT2D eigenvalue weighted by Crippen LogP contribution is -2.51. The fourth-order valence-electron chi connectivity index (χ4n) is 3.60. The summed E-state index contributed by atoms with van der Waals surface area (Å²) in [5, 5.41) is 13.4. The topological polar surface area (TPSA) is 81.6 Å². The summed E-state index contributed by atoms with van der Waals surface area (Å²) >= 11 is 6.04. The number of aromatic nitrogens is 2. The first-order chi connectivity index (χ1) is 15.0. The molecule has 4 rings (SSSR count). The summed E-state index contributed by atoms with van der Waals surface area (Å²) in [5.41, 5.74) is 2.43. The van der Waals surface area contributed by atoms with Crippen molar-refractivity contribution in [1.82, 2.24) is 9.97 Å². The fraction of sp³-hybridized carbons (Fsp3) is 0.261. The molecule has 0 unspecified atom stereocenters. The van der Waals surface area contributed by atoms with Gasteiger partial charge in [-0.05, 0) is 49.2 Å². The largest absolute Gasteiger partial charge is 0.396 e. The van der Waals surface area contributed by atoms with E-state index in [0.29, 0.717) is 23.3 Å². The second-order valence-electron chi connectivity index (χ2n) is 7.67. The smallest absolute Gasteiger partial charge is 0.330 e. The van der Waals surface area contributed by atoms with Gasteiger partial charge >= 0.3 is 6.03 Å². The Bertz CT molecular complexity index is 1060. The van der Waals surface area contributed by atoms with Gasteiger partial charge in [-0.1, -0.05) is 36.7 Å². The number of carbonyl (C=O) groups is 1. The molecule has 0 fully saturated rings. The summed E-state index contributed by atoms with van der Waals surface area (Å²) in [6.45, 7) is 4.14. The van der Waals surface area contributed by atoms with Crippen molar-refractivity contribution >= 4 is 40.8 Å². The summed E-state index contributed by atoms with van der Waals surface area (Å²) in [6.07, 6.45) is 1.75. The Kier molecular flexibility index (Phi) is 6.06. The molecule has 2 N–H and O–H groups in total. The molecular formula is C23H24ClN5O2. The van der Waals surface area contributed by atoms with Crippen molar-refractivity contribution < 1.29 is 9.90 Å². The summed E-state index contributed by atoms with van der Waals surface area (Å²) in [6, 6.07) is 16.3. The van der Waals surface area contributed by atoms with E-state index >= 15 is 0 Å². The molecule has 0 bridgehead atoms. The number of benzene rings is 2. The standard InChI is InChI=1S/C23H24ClN5O2/c1-15(14-30)13-28-21-20(12-25-22(27-21)26-18-6-4-3-5-7-18)16(2)29(23(28)31)19-10-8-17(24)9-11-19/h3-12,15-16,30H,13-14H2,1-2H3,(H,25,26,27)/t15-,16-/m0/s1. The number of nitrogens with one attached hydrogen (secondary N) is 1. The summed E-state index contributed by atoms with van der Waals surface area (Å²) in [4.78, 5) is 26.0. The van der Waals surface area contributed by atoms with E-state index in [-0.39, 0.29) is 24.6 Å². The molecule has 2 heterocycles. The number of amides is 2. The number of aliphatic hydroxyl groups is 1. The Morgan fingerprint density at radius 3 is 2.55 bits per heavy atom. The maximum absolute atomic E-state index is 13.6. The number of urea groups is 1. The second-order valence-corrected chi connectivity index (χ2v) is 8.10. The molecule has 0 spiro atoms. The van der Waals surface area contributed by atoms with Crippen LogP contribution in [0.5, 0.6) is 0 Å². The van der Waals surface area contributed by atoms with Crippen molar-refractivity contribution in [3.05, 3.63) is 71.4 Å². The van der Waals surface area contributed by atoms with Crippen LogP contribution in [0.2, 0.25) is 5.02 Å². The normalized spacial score (nSPS) is 16.8. The van der Waals surface area contributed by atoms with Crippen LogP contribution in [-0.2, 0) is 0 Å². The van der Waals surface area contributed by atoms with E-state index in [0.717, 1.165) is 16.9 Å². The third-order valence-electron chi connectivity index (χ3n) is 5.27. The lowest BCUT2D eigenvalue weighted by Gasteiger charge is -2.41. The molecular weight excluding hydrogens is 414 g/mol. The van der Waals surface area contributed by atoms with Gasteiger partial charge in [0.25, 0.3) is 0 Å². The summed E-state index contributed by atoms with van der Waals surface area (Å²) in [7, 11) is 0. The molecule has 1 aliphatic rings. The minimum absolute atomic E-state index is 0.0319. The van der Waals surface area contributed by atoms with Crippen LogP contribution < -0.4 is 15.1 Å². The Morgan fingerprint density at radius 2 is 1.87 bits per heavy atom. The molecule has 31 heavy (non-hydrogen) atoms. The molecule has 160 valence electrons. The lowest BCUT2D eigenvalue weighted by atomic mass is 10.0. The Labute approximate surface area is 186 Å². The average molecular weight is 438 g/mol. The Morgan fingerprint density at radius 1 is 1.16 bits per heavy atom. The number of anilines is 4. The number of para-hydroxylation sites is 1. The highest BCUT2D eigenvalue weighted by Gasteiger charge is 2.38. The number of halogens is 1. The third kappa shape index (κ3) is 4.33. The van der Waals surface area contributed by atoms with Crippen LogP contribution in [0.4, 0.5) is 27.9 Å². The van der Waals surface area contributed by atoms with Crippen LogP contribution >= 0.6 is 11.6 Å². The number of rotatable bonds is 6. The quantitative estimate of drug-likeness (QED) is 0.566. The van der Waals surface area contributed by atoms with Crippen LogP contribution in [-0.4, -0.2) is 34.3 Å². The molecule has 1 aliphatic heterocycles. The number of hydrogen-bond donors (Lipinski definition) is 2. The highest BCUT2D eigenvalue weighted by molar-refractivity contribution is 6.30. The number of carbonyl (C=O) groups excluding carboxylic acids is 1. The van der Waals surface area contributed by atoms with Crippen molar-refractivity contribution in [2.45, 2.75) is 19.9 Å². The molecule has 1 aromatic heterocycles. The van der Waals surface area contributed by atoms with Gasteiger partial charge in [0.15, 0.2) is 0 Å². The van der Waals surface area contributed by atoms with E-state index in [9.17, 15) is 9.90 Å². The fourth-order valence-corrected chi connectivity index (χ4v) is 3.72. The van der Waals surface area contributed by atoms with Gasteiger partial charge < -0.3 is 10.4 Å². The van der Waals surface area contributed by atoms with E-state index in [2.05, 4.69) is 15.3 Å². The predicted octanol–water partition coefficient (Wildman–Crippen LogP) is 5.01. The predicted molar refractivity (Wildman–Crippen MR) is 123 cm³/mol. The molecule has 3 aromatic rings. The first kappa shape index (κ1) is 21.1. The molecule has 2 atom stereocenters. The van der Waals surface area contributed by atoms with Crippen molar-refractivity contribution in [2.24, 2.45) is 5.92 Å². The van der Waals surface area contributed by atoms with Gasteiger partial charge in [-0.25, -0.2) is 9.78 Å². The molecule has 2 amide bonds. The van der Waals surface area contributed by atoms with Gasteiger partial charge in [0, 0.05) is 41.3 Å². The van der Waals surface area contributed by atoms with Gasteiger partial charge in [-0.2, -0.15) is 4.98 Å². The monoisotopic (exact) mass is 437 g/mol. The van der Waals surface area contributed by atoms with Gasteiger partial charge in [0.1, 0.15) is 5.82 Å². The minimum Gasteiger partial charge on any atom is -0.396 e. The van der Waals surface area contributed by atoms with E-state index in [4.69, 9.17) is 11.6 Å². The maximum Gasteiger partial charge on any atom is 0.330 e. The van der Waals surface area contributed by atoms with Crippen LogP contribution in [0.1, 0.15) is 25.5 Å². The third-order valence-corrected chi connectivity index (χ3v) is 5.52. The van der Waals surface area contributed by atoms with Crippen LogP contribution in [0.3, 0.4) is 0 Å². The molecule has 8 heteroatoms. The number of aliphatic hydroxyl groups excluding tert-OH is 1. The van der Waals surface area contributed by atoms with Gasteiger partial charge in [0.05, 0.1) is 6.04 Å². The van der Waals surface area contributed by atoms with Crippen LogP contribution in [0.15, 0.2) is 60.8 Å². The van der Waals surface area contributed by atoms with E-state index in [1.165, 1.54) is 0 Å². The van der Waals surface area contributed by atoms with Gasteiger partial charge in [-0.3, -0.25) is 9.80 Å². The van der Waals surface area contributed by atoms with Gasteiger partial charge in [-0.15, -0.1) is 0 Å². The highest BCUT2D eigenvalue weighted by atomic mass is 35.5. The van der Waals surface area contributed by atoms with Crippen molar-refractivity contribution in [1.29, 1.82) is 0 Å². The van der Waals surface area contributed by atoms with E-state index in [1.54, 1.807) is 28.1 Å². The average Bonchev–Trinajstić information content (AvgIpc) is 2.78.